The molecular formula is C14H19FN2O. The third-order valence-corrected chi connectivity index (χ3v) is 3.83. The number of aromatic nitrogens is 1. The summed E-state index contributed by atoms with van der Waals surface area (Å²) in [7, 11) is 0. The van der Waals surface area contributed by atoms with Gasteiger partial charge in [0, 0.05) is 12.2 Å². The SMILES string of the molecule is CC1(C)CCCCC1NC(=O)c1ccncc1F. The maximum absolute atomic E-state index is 13.5. The van der Waals surface area contributed by atoms with Crippen molar-refractivity contribution in [2.24, 2.45) is 5.41 Å². The lowest BCUT2D eigenvalue weighted by atomic mass is 9.73. The zero-order chi connectivity index (χ0) is 13.2. The van der Waals surface area contributed by atoms with Crippen LogP contribution in [0.2, 0.25) is 0 Å². The van der Waals surface area contributed by atoms with Crippen molar-refractivity contribution >= 4 is 5.91 Å². The minimum atomic E-state index is -0.566. The number of nitrogens with zero attached hydrogens (tertiary/aromatic N) is 1. The van der Waals surface area contributed by atoms with Crippen LogP contribution in [0.5, 0.6) is 0 Å². The molecule has 1 unspecified atom stereocenters. The number of rotatable bonds is 2. The lowest BCUT2D eigenvalue weighted by Crippen LogP contribution is -2.47. The van der Waals surface area contributed by atoms with Gasteiger partial charge in [-0.05, 0) is 24.3 Å². The van der Waals surface area contributed by atoms with Crippen LogP contribution in [-0.4, -0.2) is 16.9 Å². The first-order valence-electron chi connectivity index (χ1n) is 6.41. The van der Waals surface area contributed by atoms with E-state index in [1.54, 1.807) is 0 Å². The van der Waals surface area contributed by atoms with Gasteiger partial charge in [0.1, 0.15) is 0 Å². The van der Waals surface area contributed by atoms with Crippen molar-refractivity contribution in [3.05, 3.63) is 29.8 Å². The van der Waals surface area contributed by atoms with Crippen LogP contribution in [0.4, 0.5) is 4.39 Å². The summed E-state index contributed by atoms with van der Waals surface area (Å²) in [4.78, 5) is 15.7. The van der Waals surface area contributed by atoms with E-state index in [9.17, 15) is 9.18 Å². The number of carbonyl (C=O) groups excluding carboxylic acids is 1. The topological polar surface area (TPSA) is 42.0 Å². The Bertz CT molecular complexity index is 445. The predicted molar refractivity (Wildman–Crippen MR) is 67.7 cm³/mol. The van der Waals surface area contributed by atoms with Crippen molar-refractivity contribution in [2.45, 2.75) is 45.6 Å². The van der Waals surface area contributed by atoms with Gasteiger partial charge in [0.2, 0.25) is 0 Å². The van der Waals surface area contributed by atoms with Crippen molar-refractivity contribution < 1.29 is 9.18 Å². The van der Waals surface area contributed by atoms with E-state index < -0.39 is 5.82 Å². The van der Waals surface area contributed by atoms with Gasteiger partial charge in [0.15, 0.2) is 5.82 Å². The molecular weight excluding hydrogens is 231 g/mol. The molecule has 1 aliphatic carbocycles. The van der Waals surface area contributed by atoms with Crippen LogP contribution in [0, 0.1) is 11.2 Å². The van der Waals surface area contributed by atoms with Gasteiger partial charge in [-0.25, -0.2) is 4.39 Å². The standard InChI is InChI=1S/C14H19FN2O/c1-14(2)7-4-3-5-12(14)17-13(18)10-6-8-16-9-11(10)15/h6,8-9,12H,3-5,7H2,1-2H3,(H,17,18). The fourth-order valence-corrected chi connectivity index (χ4v) is 2.56. The Hall–Kier alpha value is -1.45. The van der Waals surface area contributed by atoms with E-state index in [4.69, 9.17) is 0 Å². The molecule has 18 heavy (non-hydrogen) atoms. The summed E-state index contributed by atoms with van der Waals surface area (Å²) in [6.07, 6.45) is 6.88. The van der Waals surface area contributed by atoms with E-state index in [0.29, 0.717) is 0 Å². The quantitative estimate of drug-likeness (QED) is 0.877. The van der Waals surface area contributed by atoms with Gasteiger partial charge in [-0.1, -0.05) is 26.7 Å². The number of hydrogen-bond acceptors (Lipinski definition) is 2. The average molecular weight is 250 g/mol. The van der Waals surface area contributed by atoms with E-state index in [1.165, 1.54) is 18.7 Å². The molecule has 0 aromatic carbocycles. The summed E-state index contributed by atoms with van der Waals surface area (Å²) in [6, 6.07) is 1.53. The molecule has 1 aromatic rings. The minimum absolute atomic E-state index is 0.0753. The molecule has 1 heterocycles. The number of halogens is 1. The predicted octanol–water partition coefficient (Wildman–Crippen LogP) is 2.92. The largest absolute Gasteiger partial charge is 0.349 e. The van der Waals surface area contributed by atoms with Crippen LogP contribution < -0.4 is 5.32 Å². The highest BCUT2D eigenvalue weighted by molar-refractivity contribution is 5.94. The Morgan fingerprint density at radius 1 is 1.50 bits per heavy atom. The minimum Gasteiger partial charge on any atom is -0.349 e. The first-order valence-corrected chi connectivity index (χ1v) is 6.41. The van der Waals surface area contributed by atoms with Crippen molar-refractivity contribution in [3.63, 3.8) is 0 Å². The summed E-state index contributed by atoms with van der Waals surface area (Å²) < 4.78 is 13.5. The van der Waals surface area contributed by atoms with Gasteiger partial charge in [0.25, 0.3) is 5.91 Å². The Morgan fingerprint density at radius 2 is 2.28 bits per heavy atom. The molecule has 0 bridgehead atoms. The normalized spacial score (nSPS) is 22.5. The molecule has 3 nitrogen and oxygen atoms in total. The van der Waals surface area contributed by atoms with Crippen LogP contribution >= 0.6 is 0 Å². The molecule has 1 amide bonds. The smallest absolute Gasteiger partial charge is 0.254 e. The third-order valence-electron chi connectivity index (χ3n) is 3.83. The van der Waals surface area contributed by atoms with Gasteiger partial charge in [-0.2, -0.15) is 0 Å². The van der Waals surface area contributed by atoms with E-state index >= 15 is 0 Å². The molecule has 0 radical (unpaired) electrons. The van der Waals surface area contributed by atoms with Gasteiger partial charge >= 0.3 is 0 Å². The highest BCUT2D eigenvalue weighted by atomic mass is 19.1. The molecule has 1 saturated carbocycles. The average Bonchev–Trinajstić information content (AvgIpc) is 2.32. The Morgan fingerprint density at radius 3 is 2.94 bits per heavy atom. The first kappa shape index (κ1) is 13.0. The van der Waals surface area contributed by atoms with Gasteiger partial charge in [-0.15, -0.1) is 0 Å². The number of nitrogens with one attached hydrogen (secondary N) is 1. The highest BCUT2D eigenvalue weighted by Crippen LogP contribution is 2.35. The summed E-state index contributed by atoms with van der Waals surface area (Å²) in [5.41, 5.74) is 0.156. The van der Waals surface area contributed by atoms with Crippen LogP contribution in [0.1, 0.15) is 49.9 Å². The summed E-state index contributed by atoms with van der Waals surface area (Å²) in [6.45, 7) is 4.31. The molecule has 1 fully saturated rings. The van der Waals surface area contributed by atoms with E-state index in [1.807, 2.05) is 0 Å². The second kappa shape index (κ2) is 5.04. The second-order valence-electron chi connectivity index (χ2n) is 5.62. The summed E-state index contributed by atoms with van der Waals surface area (Å²) >= 11 is 0. The second-order valence-corrected chi connectivity index (χ2v) is 5.62. The van der Waals surface area contributed by atoms with Crippen LogP contribution in [0.3, 0.4) is 0 Å². The molecule has 0 aliphatic heterocycles. The van der Waals surface area contributed by atoms with E-state index in [2.05, 4.69) is 24.1 Å². The molecule has 1 N–H and O–H groups in total. The molecule has 98 valence electrons. The Balaban J connectivity index is 2.10. The van der Waals surface area contributed by atoms with Crippen molar-refractivity contribution in [2.75, 3.05) is 0 Å². The zero-order valence-corrected chi connectivity index (χ0v) is 10.9. The lowest BCUT2D eigenvalue weighted by molar-refractivity contribution is 0.0849. The van der Waals surface area contributed by atoms with Crippen molar-refractivity contribution in [3.8, 4) is 0 Å². The van der Waals surface area contributed by atoms with Gasteiger partial charge in [0.05, 0.1) is 11.8 Å². The Kier molecular flexibility index (Phi) is 3.64. The monoisotopic (exact) mass is 250 g/mol. The van der Waals surface area contributed by atoms with Crippen molar-refractivity contribution in [1.29, 1.82) is 0 Å². The number of hydrogen-bond donors (Lipinski definition) is 1. The van der Waals surface area contributed by atoms with Crippen LogP contribution in [-0.2, 0) is 0 Å². The maximum Gasteiger partial charge on any atom is 0.254 e. The van der Waals surface area contributed by atoms with E-state index in [-0.39, 0.29) is 22.9 Å². The maximum atomic E-state index is 13.5. The first-order chi connectivity index (χ1) is 8.50. The molecule has 1 atom stereocenters. The molecule has 4 heteroatoms. The summed E-state index contributed by atoms with van der Waals surface area (Å²) in [5.74, 6) is -0.904. The Labute approximate surface area is 107 Å². The van der Waals surface area contributed by atoms with Gasteiger partial charge in [-0.3, -0.25) is 9.78 Å². The van der Waals surface area contributed by atoms with Crippen LogP contribution in [0.25, 0.3) is 0 Å². The molecule has 1 aromatic heterocycles. The highest BCUT2D eigenvalue weighted by Gasteiger charge is 2.33. The molecule has 1 aliphatic rings. The fraction of sp³-hybridized carbons (Fsp3) is 0.571. The number of carbonyl (C=O) groups is 1. The van der Waals surface area contributed by atoms with Crippen LogP contribution in [0.15, 0.2) is 18.5 Å². The van der Waals surface area contributed by atoms with Crippen molar-refractivity contribution in [1.82, 2.24) is 10.3 Å². The van der Waals surface area contributed by atoms with Gasteiger partial charge < -0.3 is 5.32 Å². The number of amides is 1. The fourth-order valence-electron chi connectivity index (χ4n) is 2.56. The molecule has 0 spiro atoms. The third kappa shape index (κ3) is 2.68. The lowest BCUT2D eigenvalue weighted by Gasteiger charge is -2.39. The molecule has 0 saturated heterocycles. The summed E-state index contributed by atoms with van der Waals surface area (Å²) in [5, 5.41) is 2.96. The van der Waals surface area contributed by atoms with E-state index in [0.717, 1.165) is 25.5 Å². The number of pyridine rings is 1. The molecule has 2 rings (SSSR count). The zero-order valence-electron chi connectivity index (χ0n) is 10.9.